The van der Waals surface area contributed by atoms with E-state index in [1.54, 1.807) is 25.3 Å². The van der Waals surface area contributed by atoms with Gasteiger partial charge < -0.3 is 19.7 Å². The van der Waals surface area contributed by atoms with E-state index in [0.29, 0.717) is 35.5 Å². The van der Waals surface area contributed by atoms with Gasteiger partial charge in [-0.1, -0.05) is 11.6 Å². The summed E-state index contributed by atoms with van der Waals surface area (Å²) in [4.78, 5) is 14.6. The zero-order valence-corrected chi connectivity index (χ0v) is 13.9. The number of benzene rings is 1. The minimum atomic E-state index is -0.0199. The summed E-state index contributed by atoms with van der Waals surface area (Å²) in [5, 5.41) is 3.70. The number of amides is 1. The maximum Gasteiger partial charge on any atom is 0.257 e. The van der Waals surface area contributed by atoms with Crippen LogP contribution in [0.2, 0.25) is 5.02 Å². The first-order valence-corrected chi connectivity index (χ1v) is 7.88. The van der Waals surface area contributed by atoms with Crippen LogP contribution in [0, 0.1) is 5.92 Å². The number of halogens is 1. The molecule has 22 heavy (non-hydrogen) atoms. The lowest BCUT2D eigenvalue weighted by Crippen LogP contribution is -2.30. The molecule has 1 aliphatic rings. The van der Waals surface area contributed by atoms with E-state index in [0.717, 1.165) is 26.1 Å². The largest absolute Gasteiger partial charge is 0.490 e. The van der Waals surface area contributed by atoms with E-state index < -0.39 is 0 Å². The van der Waals surface area contributed by atoms with Crippen molar-refractivity contribution in [3.8, 4) is 5.75 Å². The van der Waals surface area contributed by atoms with Crippen LogP contribution in [0.15, 0.2) is 18.2 Å². The number of rotatable bonds is 7. The fraction of sp³-hybridized carbons (Fsp3) is 0.562. The van der Waals surface area contributed by atoms with Gasteiger partial charge in [0.2, 0.25) is 0 Å². The van der Waals surface area contributed by atoms with E-state index in [-0.39, 0.29) is 5.91 Å². The molecule has 1 aromatic rings. The average Bonchev–Trinajstić information content (AvgIpc) is 2.97. The number of carbonyl (C=O) groups is 1. The summed E-state index contributed by atoms with van der Waals surface area (Å²) in [6.45, 7) is 3.35. The molecular weight excluding hydrogens is 304 g/mol. The van der Waals surface area contributed by atoms with Crippen molar-refractivity contribution in [3.05, 3.63) is 28.8 Å². The van der Waals surface area contributed by atoms with Gasteiger partial charge in [-0.15, -0.1) is 0 Å². The molecule has 0 aliphatic carbocycles. The van der Waals surface area contributed by atoms with E-state index in [9.17, 15) is 4.79 Å². The smallest absolute Gasteiger partial charge is 0.257 e. The topological polar surface area (TPSA) is 50.8 Å². The third kappa shape index (κ3) is 4.35. The number of nitrogens with zero attached hydrogens (tertiary/aromatic N) is 1. The first-order valence-electron chi connectivity index (χ1n) is 7.51. The summed E-state index contributed by atoms with van der Waals surface area (Å²) >= 11 is 6.05. The first kappa shape index (κ1) is 17.1. The molecular formula is C16H23ClN2O3. The van der Waals surface area contributed by atoms with Gasteiger partial charge >= 0.3 is 0 Å². The molecule has 5 nitrogen and oxygen atoms in total. The third-order valence-electron chi connectivity index (χ3n) is 3.78. The Kier molecular flexibility index (Phi) is 6.49. The number of hydrogen-bond donors (Lipinski definition) is 1. The van der Waals surface area contributed by atoms with Crippen molar-refractivity contribution in [2.24, 2.45) is 5.92 Å². The molecule has 1 atom stereocenters. The maximum atomic E-state index is 12.7. The standard InChI is InChI=1S/C16H23ClN2O3/c1-18-10-12-5-6-19(11-12)16(20)14-9-13(17)3-4-15(14)22-8-7-21-2/h3-4,9,12,18H,5-8,10-11H2,1-2H3/t12-/m1/s1. The van der Waals surface area contributed by atoms with Crippen molar-refractivity contribution in [1.29, 1.82) is 0 Å². The first-order chi connectivity index (χ1) is 10.7. The summed E-state index contributed by atoms with van der Waals surface area (Å²) in [6, 6.07) is 5.15. The average molecular weight is 327 g/mol. The molecule has 0 bridgehead atoms. The molecule has 0 spiro atoms. The molecule has 6 heteroatoms. The Morgan fingerprint density at radius 2 is 2.27 bits per heavy atom. The van der Waals surface area contributed by atoms with Crippen LogP contribution >= 0.6 is 11.6 Å². The molecule has 0 saturated carbocycles. The van der Waals surface area contributed by atoms with Gasteiger partial charge in [0.1, 0.15) is 12.4 Å². The van der Waals surface area contributed by atoms with E-state index in [1.165, 1.54) is 0 Å². The Hall–Kier alpha value is -1.30. The minimum absolute atomic E-state index is 0.0199. The highest BCUT2D eigenvalue weighted by molar-refractivity contribution is 6.31. The summed E-state index contributed by atoms with van der Waals surface area (Å²) in [7, 11) is 3.55. The van der Waals surface area contributed by atoms with Gasteiger partial charge in [-0.05, 0) is 44.1 Å². The number of nitrogens with one attached hydrogen (secondary N) is 1. The Balaban J connectivity index is 2.09. The predicted molar refractivity (Wildman–Crippen MR) is 86.8 cm³/mol. The Morgan fingerprint density at radius 1 is 1.45 bits per heavy atom. The fourth-order valence-electron chi connectivity index (χ4n) is 2.67. The lowest BCUT2D eigenvalue weighted by Gasteiger charge is -2.19. The lowest BCUT2D eigenvalue weighted by atomic mass is 10.1. The van der Waals surface area contributed by atoms with Gasteiger partial charge in [0.05, 0.1) is 12.2 Å². The van der Waals surface area contributed by atoms with Crippen LogP contribution < -0.4 is 10.1 Å². The van der Waals surface area contributed by atoms with Gasteiger partial charge in [-0.2, -0.15) is 0 Å². The van der Waals surface area contributed by atoms with Crippen molar-refractivity contribution in [3.63, 3.8) is 0 Å². The van der Waals surface area contributed by atoms with Crippen LogP contribution in [0.4, 0.5) is 0 Å². The molecule has 0 unspecified atom stereocenters. The monoisotopic (exact) mass is 326 g/mol. The van der Waals surface area contributed by atoms with Crippen molar-refractivity contribution < 1.29 is 14.3 Å². The summed E-state index contributed by atoms with van der Waals surface area (Å²) in [5.41, 5.74) is 0.522. The zero-order chi connectivity index (χ0) is 15.9. The Labute approximate surface area is 136 Å². The minimum Gasteiger partial charge on any atom is -0.490 e. The SMILES string of the molecule is CNC[C@H]1CCN(C(=O)c2cc(Cl)ccc2OCCOC)C1. The van der Waals surface area contributed by atoms with Gasteiger partial charge in [-0.25, -0.2) is 0 Å². The molecule has 1 saturated heterocycles. The van der Waals surface area contributed by atoms with Crippen molar-refractivity contribution in [2.75, 3.05) is 47.0 Å². The van der Waals surface area contributed by atoms with Crippen molar-refractivity contribution >= 4 is 17.5 Å². The van der Waals surface area contributed by atoms with Crippen LogP contribution in [0.25, 0.3) is 0 Å². The molecule has 122 valence electrons. The van der Waals surface area contributed by atoms with E-state index in [4.69, 9.17) is 21.1 Å². The summed E-state index contributed by atoms with van der Waals surface area (Å²) in [6.07, 6.45) is 1.02. The number of hydrogen-bond acceptors (Lipinski definition) is 4. The van der Waals surface area contributed by atoms with E-state index in [2.05, 4.69) is 5.32 Å². The number of likely N-dealkylation sites (tertiary alicyclic amines) is 1. The normalized spacial score (nSPS) is 17.8. The van der Waals surface area contributed by atoms with Gasteiger partial charge in [0.15, 0.2) is 0 Å². The molecule has 1 aromatic carbocycles. The Morgan fingerprint density at radius 3 is 3.00 bits per heavy atom. The summed E-state index contributed by atoms with van der Waals surface area (Å²) < 4.78 is 10.6. The molecule has 1 aliphatic heterocycles. The molecule has 0 aromatic heterocycles. The molecule has 1 heterocycles. The van der Waals surface area contributed by atoms with Gasteiger partial charge in [-0.3, -0.25) is 4.79 Å². The number of carbonyl (C=O) groups excluding carboxylic acids is 1. The third-order valence-corrected chi connectivity index (χ3v) is 4.02. The van der Waals surface area contributed by atoms with Crippen LogP contribution in [0.1, 0.15) is 16.8 Å². The van der Waals surface area contributed by atoms with E-state index in [1.807, 2.05) is 11.9 Å². The second-order valence-electron chi connectivity index (χ2n) is 5.45. The number of ether oxygens (including phenoxy) is 2. The molecule has 0 radical (unpaired) electrons. The molecule has 2 rings (SSSR count). The van der Waals surface area contributed by atoms with Gasteiger partial charge in [0, 0.05) is 25.2 Å². The van der Waals surface area contributed by atoms with E-state index >= 15 is 0 Å². The van der Waals surface area contributed by atoms with Crippen LogP contribution in [-0.4, -0.2) is 57.8 Å². The van der Waals surface area contributed by atoms with Crippen LogP contribution in [0.5, 0.6) is 5.75 Å². The second-order valence-corrected chi connectivity index (χ2v) is 5.88. The predicted octanol–water partition coefficient (Wildman–Crippen LogP) is 2.05. The highest BCUT2D eigenvalue weighted by Gasteiger charge is 2.28. The van der Waals surface area contributed by atoms with Crippen LogP contribution in [0.3, 0.4) is 0 Å². The number of methoxy groups -OCH3 is 1. The highest BCUT2D eigenvalue weighted by Crippen LogP contribution is 2.27. The van der Waals surface area contributed by atoms with Crippen molar-refractivity contribution in [1.82, 2.24) is 10.2 Å². The maximum absolute atomic E-state index is 12.7. The fourth-order valence-corrected chi connectivity index (χ4v) is 2.85. The quantitative estimate of drug-likeness (QED) is 0.779. The Bertz CT molecular complexity index is 510. The molecule has 1 amide bonds. The van der Waals surface area contributed by atoms with Gasteiger partial charge in [0.25, 0.3) is 5.91 Å². The second kappa shape index (κ2) is 8.36. The summed E-state index contributed by atoms with van der Waals surface area (Å²) in [5.74, 6) is 1.04. The molecule has 1 fully saturated rings. The zero-order valence-electron chi connectivity index (χ0n) is 13.1. The van der Waals surface area contributed by atoms with Crippen LogP contribution in [-0.2, 0) is 4.74 Å². The molecule has 1 N–H and O–H groups in total. The highest BCUT2D eigenvalue weighted by atomic mass is 35.5. The lowest BCUT2D eigenvalue weighted by molar-refractivity contribution is 0.0780. The van der Waals surface area contributed by atoms with Crippen molar-refractivity contribution in [2.45, 2.75) is 6.42 Å².